The van der Waals surface area contributed by atoms with Crippen LogP contribution < -0.4 is 5.73 Å². The predicted octanol–water partition coefficient (Wildman–Crippen LogP) is 5.43. The summed E-state index contributed by atoms with van der Waals surface area (Å²) in [5, 5.41) is 0. The van der Waals surface area contributed by atoms with Crippen LogP contribution in [0.25, 0.3) is 0 Å². The van der Waals surface area contributed by atoms with Crippen LogP contribution in [0.1, 0.15) is 96.8 Å². The lowest BCUT2D eigenvalue weighted by molar-refractivity contribution is -0.114. The van der Waals surface area contributed by atoms with Gasteiger partial charge >= 0.3 is 0 Å². The Hall–Kier alpha value is -0.570. The lowest BCUT2D eigenvalue weighted by Gasteiger charge is -2.06. The average Bonchev–Trinajstić information content (AvgIpc) is 2.63. The van der Waals surface area contributed by atoms with Crippen molar-refractivity contribution >= 4 is 19.2 Å². The van der Waals surface area contributed by atoms with Crippen LogP contribution >= 0.6 is 8.15 Å². The second kappa shape index (κ2) is 18.2. The molecule has 0 spiro atoms. The number of nitrogens with two attached hydrogens (primary N) is 1. The molecule has 1 atom stereocenters. The van der Waals surface area contributed by atoms with Crippen molar-refractivity contribution in [3.05, 3.63) is 12.2 Å². The number of rotatable bonds is 18. The highest BCUT2D eigenvalue weighted by Crippen LogP contribution is 2.33. The first-order valence-electron chi connectivity index (χ1n) is 10.0. The Bertz CT molecular complexity index is 372. The van der Waals surface area contributed by atoms with Gasteiger partial charge in [0, 0.05) is 6.42 Å². The van der Waals surface area contributed by atoms with E-state index in [0.717, 1.165) is 25.7 Å². The molecule has 0 aliphatic carbocycles. The molecule has 0 fully saturated rings. The highest BCUT2D eigenvalue weighted by Gasteiger charge is 2.21. The minimum atomic E-state index is -2.16. The quantitative estimate of drug-likeness (QED) is 0.191. The van der Waals surface area contributed by atoms with Gasteiger partial charge in [0.15, 0.2) is 13.7 Å². The van der Waals surface area contributed by atoms with E-state index in [0.29, 0.717) is 6.42 Å². The predicted molar refractivity (Wildman–Crippen MR) is 108 cm³/mol. The second-order valence-corrected chi connectivity index (χ2v) is 8.26. The number of hydrogen-bond acceptors (Lipinski definition) is 4. The normalized spacial score (nSPS) is 12.6. The third kappa shape index (κ3) is 15.4. The van der Waals surface area contributed by atoms with Crippen LogP contribution in [0.2, 0.25) is 0 Å². The highest BCUT2D eigenvalue weighted by atomic mass is 31.1. The summed E-state index contributed by atoms with van der Waals surface area (Å²) in [5.41, 5.74) is 4.29. The standard InChI is InChI=1S/C20H38NO3P/c1-2-3-4-5-6-7-8-9-10-11-12-13-14-15-16-17-19(22)25(24)20(23)18-21/h9-10,24H,2-8,11-18,21H2,1H3/b10-9-. The fourth-order valence-electron chi connectivity index (χ4n) is 2.68. The van der Waals surface area contributed by atoms with Gasteiger partial charge in [-0.05, 0) is 32.1 Å². The highest BCUT2D eigenvalue weighted by molar-refractivity contribution is 7.84. The molecule has 0 aromatic rings. The van der Waals surface area contributed by atoms with E-state index in [2.05, 4.69) is 19.1 Å². The molecule has 3 N–H and O–H groups in total. The van der Waals surface area contributed by atoms with E-state index in [9.17, 15) is 14.5 Å². The van der Waals surface area contributed by atoms with E-state index in [1.54, 1.807) is 0 Å². The summed E-state index contributed by atoms with van der Waals surface area (Å²) in [5.74, 6) is 0. The van der Waals surface area contributed by atoms with Crippen molar-refractivity contribution in [3.8, 4) is 0 Å². The van der Waals surface area contributed by atoms with Crippen molar-refractivity contribution in [3.63, 3.8) is 0 Å². The minimum absolute atomic E-state index is 0.250. The molecule has 0 bridgehead atoms. The Balaban J connectivity index is 3.34. The zero-order chi connectivity index (χ0) is 18.8. The van der Waals surface area contributed by atoms with E-state index >= 15 is 0 Å². The first-order valence-corrected chi connectivity index (χ1v) is 11.3. The molecule has 0 rings (SSSR count). The summed E-state index contributed by atoms with van der Waals surface area (Å²) in [6.45, 7) is 2.00. The van der Waals surface area contributed by atoms with Gasteiger partial charge in [0.25, 0.3) is 0 Å². The van der Waals surface area contributed by atoms with Crippen LogP contribution in [0.4, 0.5) is 0 Å². The Morgan fingerprint density at radius 3 is 1.80 bits per heavy atom. The molecule has 0 radical (unpaired) electrons. The van der Waals surface area contributed by atoms with Crippen LogP contribution in [-0.4, -0.2) is 22.5 Å². The SMILES string of the molecule is CCCCCCCC/C=C\CCCCCCCC(=O)P(O)C(=O)CN. The first kappa shape index (κ1) is 24.4. The monoisotopic (exact) mass is 371 g/mol. The Kier molecular flexibility index (Phi) is 17.8. The maximum Gasteiger partial charge on any atom is 0.202 e. The molecule has 0 heterocycles. The van der Waals surface area contributed by atoms with Gasteiger partial charge in [-0.25, -0.2) is 0 Å². The third-order valence-electron chi connectivity index (χ3n) is 4.30. The Morgan fingerprint density at radius 1 is 0.800 bits per heavy atom. The fourth-order valence-corrected chi connectivity index (χ4v) is 3.50. The third-order valence-corrected chi connectivity index (χ3v) is 5.65. The number of carbonyl (C=O) groups is 2. The molecular formula is C20H38NO3P. The molecule has 4 nitrogen and oxygen atoms in total. The summed E-state index contributed by atoms with van der Waals surface area (Å²) in [7, 11) is -2.16. The summed E-state index contributed by atoms with van der Waals surface area (Å²) in [6, 6.07) is 0. The number of unbranched alkanes of at least 4 members (excludes halogenated alkanes) is 11. The number of carbonyl (C=O) groups excluding carboxylic acids is 2. The van der Waals surface area contributed by atoms with Gasteiger partial charge < -0.3 is 10.6 Å². The summed E-state index contributed by atoms with van der Waals surface area (Å²) in [6.07, 6.45) is 20.6. The molecule has 0 saturated heterocycles. The summed E-state index contributed by atoms with van der Waals surface area (Å²) < 4.78 is 0. The molecule has 0 aliphatic rings. The number of allylic oxidation sites excluding steroid dienone is 2. The zero-order valence-electron chi connectivity index (χ0n) is 16.0. The molecule has 0 aromatic heterocycles. The Morgan fingerprint density at radius 2 is 1.28 bits per heavy atom. The van der Waals surface area contributed by atoms with Gasteiger partial charge in [-0.15, -0.1) is 0 Å². The van der Waals surface area contributed by atoms with Crippen molar-refractivity contribution in [1.29, 1.82) is 0 Å². The van der Waals surface area contributed by atoms with Gasteiger partial charge in [0.1, 0.15) is 0 Å². The fraction of sp³-hybridized carbons (Fsp3) is 0.800. The minimum Gasteiger partial charge on any atom is -0.360 e. The van der Waals surface area contributed by atoms with E-state index < -0.39 is 13.7 Å². The molecule has 1 unspecified atom stereocenters. The van der Waals surface area contributed by atoms with E-state index in [4.69, 9.17) is 5.73 Å². The van der Waals surface area contributed by atoms with Gasteiger partial charge in [-0.3, -0.25) is 9.59 Å². The number of hydrogen-bond donors (Lipinski definition) is 2. The lowest BCUT2D eigenvalue weighted by atomic mass is 10.1. The van der Waals surface area contributed by atoms with Gasteiger partial charge in [-0.1, -0.05) is 70.4 Å². The lowest BCUT2D eigenvalue weighted by Crippen LogP contribution is -2.14. The maximum atomic E-state index is 11.6. The molecule has 5 heteroatoms. The average molecular weight is 372 g/mol. The van der Waals surface area contributed by atoms with Crippen LogP contribution in [0.5, 0.6) is 0 Å². The van der Waals surface area contributed by atoms with Gasteiger partial charge in [0.2, 0.25) is 5.52 Å². The smallest absolute Gasteiger partial charge is 0.202 e. The van der Waals surface area contributed by atoms with E-state index in [1.165, 1.54) is 57.8 Å². The van der Waals surface area contributed by atoms with Gasteiger partial charge in [0.05, 0.1) is 6.54 Å². The van der Waals surface area contributed by atoms with Crippen molar-refractivity contribution in [2.75, 3.05) is 6.54 Å². The largest absolute Gasteiger partial charge is 0.360 e. The van der Waals surface area contributed by atoms with Crippen LogP contribution in [0.15, 0.2) is 12.2 Å². The second-order valence-electron chi connectivity index (χ2n) is 6.64. The molecule has 25 heavy (non-hydrogen) atoms. The van der Waals surface area contributed by atoms with Crippen LogP contribution in [0.3, 0.4) is 0 Å². The van der Waals surface area contributed by atoms with Crippen LogP contribution in [-0.2, 0) is 9.59 Å². The molecule has 0 aromatic carbocycles. The first-order chi connectivity index (χ1) is 12.1. The summed E-state index contributed by atoms with van der Waals surface area (Å²) >= 11 is 0. The molecule has 146 valence electrons. The summed E-state index contributed by atoms with van der Waals surface area (Å²) in [4.78, 5) is 32.2. The van der Waals surface area contributed by atoms with Crippen molar-refractivity contribution < 1.29 is 14.5 Å². The molecule has 0 aliphatic heterocycles. The van der Waals surface area contributed by atoms with E-state index in [-0.39, 0.29) is 12.1 Å². The van der Waals surface area contributed by atoms with Crippen molar-refractivity contribution in [2.45, 2.75) is 96.8 Å². The molecule has 0 amide bonds. The van der Waals surface area contributed by atoms with Gasteiger partial charge in [-0.2, -0.15) is 0 Å². The van der Waals surface area contributed by atoms with E-state index in [1.807, 2.05) is 0 Å². The Labute approximate surface area is 155 Å². The molecular weight excluding hydrogens is 333 g/mol. The maximum absolute atomic E-state index is 11.6. The van der Waals surface area contributed by atoms with Crippen LogP contribution in [0, 0.1) is 0 Å². The van der Waals surface area contributed by atoms with Crippen molar-refractivity contribution in [1.82, 2.24) is 0 Å². The van der Waals surface area contributed by atoms with Crippen molar-refractivity contribution in [2.24, 2.45) is 5.73 Å². The topological polar surface area (TPSA) is 80.4 Å². The zero-order valence-corrected chi connectivity index (χ0v) is 16.9. The molecule has 0 saturated carbocycles.